The molecule has 0 bridgehead atoms. The van der Waals surface area contributed by atoms with Crippen molar-refractivity contribution in [2.24, 2.45) is 0 Å². The van der Waals surface area contributed by atoms with E-state index in [1.165, 1.54) is 6.07 Å². The fourth-order valence-electron chi connectivity index (χ4n) is 2.87. The van der Waals surface area contributed by atoms with Crippen LogP contribution in [0.5, 0.6) is 11.5 Å². The molecule has 0 radical (unpaired) electrons. The number of rotatable bonds is 8. The van der Waals surface area contributed by atoms with Gasteiger partial charge in [0.05, 0.1) is 16.7 Å². The Balaban J connectivity index is 1.84. The average Bonchev–Trinajstić information content (AvgIpc) is 3.14. The number of hydrogen-bond acceptors (Lipinski definition) is 5. The predicted molar refractivity (Wildman–Crippen MR) is 110 cm³/mol. The number of nitrogens with one attached hydrogen (secondary N) is 1. The maximum Gasteiger partial charge on any atom is 0.282 e. The first-order chi connectivity index (χ1) is 15.5. The largest absolute Gasteiger partial charge is 0.457 e. The number of ether oxygens (including phenoxy) is 1. The Labute approximate surface area is 188 Å². The molecule has 1 heterocycles. The third-order valence-corrected chi connectivity index (χ3v) is 4.56. The summed E-state index contributed by atoms with van der Waals surface area (Å²) < 4.78 is 57.9. The van der Waals surface area contributed by atoms with Gasteiger partial charge in [-0.25, -0.2) is 17.6 Å². The summed E-state index contributed by atoms with van der Waals surface area (Å²) in [6, 6.07) is 8.68. The highest BCUT2D eigenvalue weighted by atomic mass is 35.5. The molecule has 0 saturated carbocycles. The van der Waals surface area contributed by atoms with Crippen molar-refractivity contribution in [3.05, 3.63) is 74.6 Å². The molecule has 0 aliphatic rings. The van der Waals surface area contributed by atoms with E-state index in [0.717, 1.165) is 12.1 Å². The standard InChI is InChI=1S/C20H15ClF4N4O4/c1-10-4-11(21)2-3-17(10)33-14-6-12(5-13(7-14)29(31)32)26-18(30)9-28-16(20(24)25)8-15(27-28)19(22)23/h2-8,19-20H,9H2,1H3,(H,26,30). The fourth-order valence-corrected chi connectivity index (χ4v) is 3.10. The van der Waals surface area contributed by atoms with Crippen molar-refractivity contribution in [2.75, 3.05) is 5.32 Å². The summed E-state index contributed by atoms with van der Waals surface area (Å²) in [6.07, 6.45) is -6.24. The van der Waals surface area contributed by atoms with Crippen LogP contribution in [0.3, 0.4) is 0 Å². The molecule has 33 heavy (non-hydrogen) atoms. The maximum atomic E-state index is 13.1. The minimum atomic E-state index is -3.14. The number of amides is 1. The molecule has 0 fully saturated rings. The zero-order chi connectivity index (χ0) is 24.3. The van der Waals surface area contributed by atoms with Crippen LogP contribution in [0.1, 0.15) is 29.8 Å². The zero-order valence-corrected chi connectivity index (χ0v) is 17.5. The van der Waals surface area contributed by atoms with Gasteiger partial charge >= 0.3 is 0 Å². The Morgan fingerprint density at radius 1 is 1.18 bits per heavy atom. The minimum Gasteiger partial charge on any atom is -0.457 e. The minimum absolute atomic E-state index is 0.0114. The van der Waals surface area contributed by atoms with Crippen molar-refractivity contribution in [1.82, 2.24) is 9.78 Å². The molecule has 3 rings (SSSR count). The van der Waals surface area contributed by atoms with E-state index >= 15 is 0 Å². The van der Waals surface area contributed by atoms with Gasteiger partial charge in [-0.15, -0.1) is 0 Å². The molecular formula is C20H15ClF4N4O4. The second-order valence-electron chi connectivity index (χ2n) is 6.79. The van der Waals surface area contributed by atoms with Crippen molar-refractivity contribution in [3.8, 4) is 11.5 Å². The van der Waals surface area contributed by atoms with Crippen LogP contribution in [-0.2, 0) is 11.3 Å². The Morgan fingerprint density at radius 2 is 1.91 bits per heavy atom. The van der Waals surface area contributed by atoms with Crippen LogP contribution in [0.4, 0.5) is 28.9 Å². The van der Waals surface area contributed by atoms with Gasteiger partial charge in [-0.2, -0.15) is 5.10 Å². The lowest BCUT2D eigenvalue weighted by Crippen LogP contribution is -2.21. The van der Waals surface area contributed by atoms with Crippen LogP contribution in [0.2, 0.25) is 5.02 Å². The summed E-state index contributed by atoms with van der Waals surface area (Å²) in [5.74, 6) is -0.554. The van der Waals surface area contributed by atoms with Crippen molar-refractivity contribution >= 4 is 28.9 Å². The Morgan fingerprint density at radius 3 is 2.52 bits per heavy atom. The third kappa shape index (κ3) is 5.98. The van der Waals surface area contributed by atoms with E-state index in [1.54, 1.807) is 25.1 Å². The summed E-state index contributed by atoms with van der Waals surface area (Å²) >= 11 is 5.90. The normalized spacial score (nSPS) is 11.2. The highest BCUT2D eigenvalue weighted by Gasteiger charge is 2.23. The third-order valence-electron chi connectivity index (χ3n) is 4.32. The number of nitro benzene ring substituents is 1. The van der Waals surface area contributed by atoms with Crippen molar-refractivity contribution in [1.29, 1.82) is 0 Å². The van der Waals surface area contributed by atoms with Gasteiger partial charge in [0, 0.05) is 17.2 Å². The summed E-state index contributed by atoms with van der Waals surface area (Å²) in [7, 11) is 0. The number of alkyl halides is 4. The van der Waals surface area contributed by atoms with Crippen molar-refractivity contribution in [3.63, 3.8) is 0 Å². The van der Waals surface area contributed by atoms with Crippen molar-refractivity contribution in [2.45, 2.75) is 26.3 Å². The van der Waals surface area contributed by atoms with E-state index in [4.69, 9.17) is 16.3 Å². The second-order valence-corrected chi connectivity index (χ2v) is 7.22. The predicted octanol–water partition coefficient (Wildman–Crippen LogP) is 6.06. The molecule has 0 saturated heterocycles. The number of carbonyl (C=O) groups excluding carboxylic acids is 1. The first-order valence-corrected chi connectivity index (χ1v) is 9.58. The molecule has 0 unspecified atom stereocenters. The topological polar surface area (TPSA) is 99.3 Å². The molecule has 1 N–H and O–H groups in total. The maximum absolute atomic E-state index is 13.1. The first kappa shape index (κ1) is 24.0. The number of non-ortho nitro benzene ring substituents is 1. The van der Waals surface area contributed by atoms with E-state index in [2.05, 4.69) is 10.4 Å². The number of nitrogens with zero attached hydrogens (tertiary/aromatic N) is 3. The van der Waals surface area contributed by atoms with E-state index in [9.17, 15) is 32.5 Å². The number of benzene rings is 2. The van der Waals surface area contributed by atoms with Gasteiger partial charge in [-0.1, -0.05) is 11.6 Å². The Kier molecular flexibility index (Phi) is 7.16. The van der Waals surface area contributed by atoms with E-state index in [1.807, 2.05) is 0 Å². The Hall–Kier alpha value is -3.67. The molecule has 1 amide bonds. The number of carbonyl (C=O) groups is 1. The molecular weight excluding hydrogens is 472 g/mol. The van der Waals surface area contributed by atoms with Crippen LogP contribution >= 0.6 is 11.6 Å². The fraction of sp³-hybridized carbons (Fsp3) is 0.200. The molecule has 0 aliphatic heterocycles. The summed E-state index contributed by atoms with van der Waals surface area (Å²) in [4.78, 5) is 22.9. The molecule has 0 atom stereocenters. The van der Waals surface area contributed by atoms with Gasteiger partial charge in [0.2, 0.25) is 5.91 Å². The van der Waals surface area contributed by atoms with Crippen LogP contribution in [0.15, 0.2) is 42.5 Å². The lowest BCUT2D eigenvalue weighted by Gasteiger charge is -2.12. The van der Waals surface area contributed by atoms with Crippen molar-refractivity contribution < 1.29 is 32.0 Å². The number of aryl methyl sites for hydroxylation is 1. The molecule has 3 aromatic rings. The highest BCUT2D eigenvalue weighted by Crippen LogP contribution is 2.32. The number of anilines is 1. The molecule has 0 aliphatic carbocycles. The van der Waals surface area contributed by atoms with Gasteiger partial charge in [0.1, 0.15) is 29.4 Å². The summed E-state index contributed by atoms with van der Waals surface area (Å²) in [5, 5.41) is 17.4. The lowest BCUT2D eigenvalue weighted by molar-refractivity contribution is -0.384. The van der Waals surface area contributed by atoms with Crippen LogP contribution in [0, 0.1) is 17.0 Å². The smallest absolute Gasteiger partial charge is 0.282 e. The molecule has 1 aromatic heterocycles. The van der Waals surface area contributed by atoms with Gasteiger partial charge < -0.3 is 10.1 Å². The van der Waals surface area contributed by atoms with Gasteiger partial charge in [0.15, 0.2) is 0 Å². The number of halogens is 5. The monoisotopic (exact) mass is 486 g/mol. The molecule has 0 spiro atoms. The highest BCUT2D eigenvalue weighted by molar-refractivity contribution is 6.30. The molecule has 13 heteroatoms. The van der Waals surface area contributed by atoms with E-state index in [-0.39, 0.29) is 11.4 Å². The van der Waals surface area contributed by atoms with E-state index < -0.39 is 47.3 Å². The first-order valence-electron chi connectivity index (χ1n) is 9.20. The summed E-state index contributed by atoms with van der Waals surface area (Å²) in [5.41, 5.74) is -1.60. The van der Waals surface area contributed by atoms with E-state index in [0.29, 0.717) is 27.1 Å². The second kappa shape index (κ2) is 9.86. The average molecular weight is 487 g/mol. The number of nitro groups is 1. The quantitative estimate of drug-likeness (QED) is 0.237. The Bertz CT molecular complexity index is 1200. The SMILES string of the molecule is Cc1cc(Cl)ccc1Oc1cc(NC(=O)Cn2nc(C(F)F)cc2C(F)F)cc([N+](=O)[O-])c1. The molecule has 8 nitrogen and oxygen atoms in total. The molecule has 2 aromatic carbocycles. The summed E-state index contributed by atoms with van der Waals surface area (Å²) in [6.45, 7) is 0.890. The zero-order valence-electron chi connectivity index (χ0n) is 16.8. The number of aromatic nitrogens is 2. The van der Waals surface area contributed by atoms with Crippen LogP contribution in [0.25, 0.3) is 0 Å². The van der Waals surface area contributed by atoms with Gasteiger partial charge in [-0.3, -0.25) is 19.6 Å². The van der Waals surface area contributed by atoms with Gasteiger partial charge in [-0.05, 0) is 36.8 Å². The lowest BCUT2D eigenvalue weighted by atomic mass is 10.2. The van der Waals surface area contributed by atoms with Crippen LogP contribution < -0.4 is 10.1 Å². The number of hydrogen-bond donors (Lipinski definition) is 1. The van der Waals surface area contributed by atoms with Gasteiger partial charge in [0.25, 0.3) is 18.5 Å². The molecule has 174 valence electrons. The van der Waals surface area contributed by atoms with Crippen LogP contribution in [-0.4, -0.2) is 20.6 Å².